The summed E-state index contributed by atoms with van der Waals surface area (Å²) in [6.07, 6.45) is -0.540. The second kappa shape index (κ2) is 7.42. The molecule has 2 aromatic carbocycles. The third kappa shape index (κ3) is 5.67. The van der Waals surface area contributed by atoms with Crippen LogP contribution in [-0.4, -0.2) is 16.8 Å². The second-order valence-corrected chi connectivity index (χ2v) is 6.78. The van der Waals surface area contributed by atoms with Gasteiger partial charge in [-0.1, -0.05) is 12.1 Å². The summed E-state index contributed by atoms with van der Waals surface area (Å²) in [6.45, 7) is 7.18. The summed E-state index contributed by atoms with van der Waals surface area (Å²) in [5, 5.41) is 15.1. The van der Waals surface area contributed by atoms with Crippen molar-refractivity contribution in [3.63, 3.8) is 0 Å². The van der Waals surface area contributed by atoms with Crippen molar-refractivity contribution in [1.82, 2.24) is 0 Å². The first-order valence-corrected chi connectivity index (χ1v) is 7.99. The lowest BCUT2D eigenvalue weighted by Crippen LogP contribution is -2.27. The number of hydrogen-bond acceptors (Lipinski definition) is 4. The number of anilines is 2. The van der Waals surface area contributed by atoms with Crippen molar-refractivity contribution in [1.29, 1.82) is 0 Å². The average molecular weight is 346 g/mol. The predicted molar refractivity (Wildman–Crippen MR) is 96.4 cm³/mol. The smallest absolute Gasteiger partial charge is 0.412 e. The van der Waals surface area contributed by atoms with E-state index in [1.54, 1.807) is 39.0 Å². The minimum atomic E-state index is -0.579. The molecule has 0 aliphatic heterocycles. The minimum Gasteiger partial charge on any atom is -0.508 e. The maximum absolute atomic E-state index is 13.9. The van der Waals surface area contributed by atoms with Crippen LogP contribution in [0.5, 0.6) is 5.75 Å². The summed E-state index contributed by atoms with van der Waals surface area (Å²) in [4.78, 5) is 11.8. The van der Waals surface area contributed by atoms with Gasteiger partial charge in [-0.25, -0.2) is 9.18 Å². The Bertz CT molecular complexity index is 757. The molecule has 3 N–H and O–H groups in total. The fraction of sp³-hybridized carbons (Fsp3) is 0.316. The number of phenolic OH excluding ortho intramolecular Hbond substituents is 1. The predicted octanol–water partition coefficient (Wildman–Crippen LogP) is 5.05. The number of hydrogen-bond donors (Lipinski definition) is 3. The maximum atomic E-state index is 13.9. The first-order chi connectivity index (χ1) is 11.6. The number of halogens is 1. The molecule has 6 heteroatoms. The summed E-state index contributed by atoms with van der Waals surface area (Å²) in [5.41, 5.74) is 1.14. The van der Waals surface area contributed by atoms with Crippen molar-refractivity contribution in [3.8, 4) is 5.75 Å². The molecule has 0 aromatic heterocycles. The molecule has 1 amide bonds. The van der Waals surface area contributed by atoms with Crippen molar-refractivity contribution in [2.24, 2.45) is 0 Å². The van der Waals surface area contributed by atoms with Crippen molar-refractivity contribution < 1.29 is 19.0 Å². The SMILES string of the molecule is CC(Nc1cccc(NC(=O)OC(C)(C)C)c1)c1ccc(O)cc1F. The van der Waals surface area contributed by atoms with Gasteiger partial charge in [0.25, 0.3) is 0 Å². The standard InChI is InChI=1S/C19H23FN2O3/c1-12(16-9-8-15(23)11-17(16)20)21-13-6-5-7-14(10-13)22-18(24)25-19(2,3)4/h5-12,21,23H,1-4H3,(H,22,24). The van der Waals surface area contributed by atoms with E-state index >= 15 is 0 Å². The Morgan fingerprint density at radius 3 is 2.48 bits per heavy atom. The van der Waals surface area contributed by atoms with Crippen LogP contribution in [0.1, 0.15) is 39.3 Å². The molecule has 0 aliphatic rings. The van der Waals surface area contributed by atoms with Gasteiger partial charge in [0.05, 0.1) is 6.04 Å². The monoisotopic (exact) mass is 346 g/mol. The summed E-state index contributed by atoms with van der Waals surface area (Å²) in [7, 11) is 0. The molecule has 0 saturated carbocycles. The van der Waals surface area contributed by atoms with Gasteiger partial charge >= 0.3 is 6.09 Å². The van der Waals surface area contributed by atoms with Crippen molar-refractivity contribution in [3.05, 3.63) is 53.8 Å². The Labute approximate surface area is 146 Å². The first-order valence-electron chi connectivity index (χ1n) is 7.99. The van der Waals surface area contributed by atoms with Crippen LogP contribution in [0.4, 0.5) is 20.6 Å². The Morgan fingerprint density at radius 2 is 1.84 bits per heavy atom. The zero-order valence-electron chi connectivity index (χ0n) is 14.8. The van der Waals surface area contributed by atoms with Gasteiger partial charge in [0.1, 0.15) is 17.2 Å². The van der Waals surface area contributed by atoms with E-state index in [1.807, 2.05) is 13.0 Å². The normalized spacial score (nSPS) is 12.4. The fourth-order valence-corrected chi connectivity index (χ4v) is 2.30. The number of aromatic hydroxyl groups is 1. The molecule has 2 aromatic rings. The van der Waals surface area contributed by atoms with Gasteiger partial charge in [0.15, 0.2) is 0 Å². The third-order valence-electron chi connectivity index (χ3n) is 3.34. The summed E-state index contributed by atoms with van der Waals surface area (Å²) in [6, 6.07) is 10.8. The van der Waals surface area contributed by atoms with Gasteiger partial charge in [0.2, 0.25) is 0 Å². The third-order valence-corrected chi connectivity index (χ3v) is 3.34. The molecule has 134 valence electrons. The lowest BCUT2D eigenvalue weighted by atomic mass is 10.1. The largest absolute Gasteiger partial charge is 0.508 e. The summed E-state index contributed by atoms with van der Waals surface area (Å²) < 4.78 is 19.2. The van der Waals surface area contributed by atoms with Crippen LogP contribution in [0.25, 0.3) is 0 Å². The Hall–Kier alpha value is -2.76. The topological polar surface area (TPSA) is 70.6 Å². The van der Waals surface area contributed by atoms with E-state index in [9.17, 15) is 14.3 Å². The quantitative estimate of drug-likeness (QED) is 0.724. The second-order valence-electron chi connectivity index (χ2n) is 6.78. The molecule has 0 bridgehead atoms. The molecular weight excluding hydrogens is 323 g/mol. The Kier molecular flexibility index (Phi) is 5.51. The molecular formula is C19H23FN2O3. The van der Waals surface area contributed by atoms with Crippen molar-refractivity contribution >= 4 is 17.5 Å². The molecule has 1 atom stereocenters. The summed E-state index contributed by atoms with van der Waals surface area (Å²) >= 11 is 0. The highest BCUT2D eigenvalue weighted by Crippen LogP contribution is 2.25. The average Bonchev–Trinajstić information content (AvgIpc) is 2.45. The van der Waals surface area contributed by atoms with Crippen LogP contribution < -0.4 is 10.6 Å². The number of ether oxygens (including phenoxy) is 1. The molecule has 1 unspecified atom stereocenters. The fourth-order valence-electron chi connectivity index (χ4n) is 2.30. The van der Waals surface area contributed by atoms with Crippen molar-refractivity contribution in [2.45, 2.75) is 39.3 Å². The molecule has 0 heterocycles. The van der Waals surface area contributed by atoms with Crippen LogP contribution in [0.15, 0.2) is 42.5 Å². The number of nitrogens with one attached hydrogen (secondary N) is 2. The van der Waals surface area contributed by atoms with Gasteiger partial charge in [0, 0.05) is 23.0 Å². The zero-order valence-corrected chi connectivity index (χ0v) is 14.8. The molecule has 5 nitrogen and oxygen atoms in total. The van der Waals surface area contributed by atoms with Crippen LogP contribution in [0, 0.1) is 5.82 Å². The molecule has 2 rings (SSSR count). The lowest BCUT2D eigenvalue weighted by molar-refractivity contribution is 0.0636. The van der Waals surface area contributed by atoms with Crippen LogP contribution >= 0.6 is 0 Å². The van der Waals surface area contributed by atoms with E-state index < -0.39 is 17.5 Å². The van der Waals surface area contributed by atoms with E-state index in [-0.39, 0.29) is 11.8 Å². The van der Waals surface area contributed by atoms with Crippen molar-refractivity contribution in [2.75, 3.05) is 10.6 Å². The minimum absolute atomic E-state index is 0.114. The van der Waals surface area contributed by atoms with Gasteiger partial charge in [-0.2, -0.15) is 0 Å². The molecule has 0 radical (unpaired) electrons. The molecule has 0 saturated heterocycles. The summed E-state index contributed by atoms with van der Waals surface area (Å²) in [5.74, 6) is -0.597. The highest BCUT2D eigenvalue weighted by atomic mass is 19.1. The Morgan fingerprint density at radius 1 is 1.16 bits per heavy atom. The maximum Gasteiger partial charge on any atom is 0.412 e. The van der Waals surface area contributed by atoms with E-state index in [1.165, 1.54) is 12.1 Å². The zero-order chi connectivity index (χ0) is 18.6. The van der Waals surface area contributed by atoms with Gasteiger partial charge < -0.3 is 15.2 Å². The number of benzene rings is 2. The van der Waals surface area contributed by atoms with Gasteiger partial charge in [-0.3, -0.25) is 5.32 Å². The number of rotatable bonds is 4. The van der Waals surface area contributed by atoms with Crippen LogP contribution in [0.3, 0.4) is 0 Å². The number of carbonyl (C=O) groups excluding carboxylic acids is 1. The number of carbonyl (C=O) groups is 1. The molecule has 0 aliphatic carbocycles. The van der Waals surface area contributed by atoms with Gasteiger partial charge in [-0.15, -0.1) is 0 Å². The van der Waals surface area contributed by atoms with E-state index in [0.717, 1.165) is 6.07 Å². The van der Waals surface area contributed by atoms with E-state index in [4.69, 9.17) is 4.74 Å². The molecule has 0 fully saturated rings. The number of amides is 1. The van der Waals surface area contributed by atoms with E-state index in [2.05, 4.69) is 10.6 Å². The van der Waals surface area contributed by atoms with Gasteiger partial charge in [-0.05, 0) is 52.0 Å². The Balaban J connectivity index is 2.07. The van der Waals surface area contributed by atoms with Crippen LogP contribution in [0.2, 0.25) is 0 Å². The highest BCUT2D eigenvalue weighted by molar-refractivity contribution is 5.85. The van der Waals surface area contributed by atoms with Crippen LogP contribution in [-0.2, 0) is 4.74 Å². The lowest BCUT2D eigenvalue weighted by Gasteiger charge is -2.20. The first kappa shape index (κ1) is 18.6. The molecule has 25 heavy (non-hydrogen) atoms. The van der Waals surface area contributed by atoms with E-state index in [0.29, 0.717) is 16.9 Å². The molecule has 0 spiro atoms. The highest BCUT2D eigenvalue weighted by Gasteiger charge is 2.16. The number of phenols is 1.